The zero-order chi connectivity index (χ0) is 14.2. The quantitative estimate of drug-likeness (QED) is 0.824. The Morgan fingerprint density at radius 1 is 1.25 bits per heavy atom. The van der Waals surface area contributed by atoms with Gasteiger partial charge in [-0.25, -0.2) is 13.8 Å². The van der Waals surface area contributed by atoms with Crippen molar-refractivity contribution in [2.75, 3.05) is 11.9 Å². The summed E-state index contributed by atoms with van der Waals surface area (Å²) in [5, 5.41) is 3.48. The van der Waals surface area contributed by atoms with E-state index in [0.29, 0.717) is 29.1 Å². The van der Waals surface area contributed by atoms with Gasteiger partial charge in [-0.15, -0.1) is 0 Å². The number of hydrogen-bond donors (Lipinski definition) is 1. The molecule has 1 aromatic heterocycles. The minimum Gasteiger partial charge on any atom is -0.370 e. The predicted octanol–water partition coefficient (Wildman–Crippen LogP) is 4.70. The molecule has 0 atom stereocenters. The van der Waals surface area contributed by atoms with Crippen molar-refractivity contribution in [3.05, 3.63) is 47.1 Å². The number of fused-ring (bicyclic) bond motifs is 1. The third kappa shape index (κ3) is 2.36. The van der Waals surface area contributed by atoms with Gasteiger partial charge in [-0.05, 0) is 18.6 Å². The fraction of sp³-hybridized carbons (Fsp3) is 0.267. The van der Waals surface area contributed by atoms with E-state index in [9.17, 15) is 8.78 Å². The molecule has 20 heavy (non-hydrogen) atoms. The van der Waals surface area contributed by atoms with E-state index in [1.165, 1.54) is 6.07 Å². The molecule has 2 aromatic rings. The average molecular weight is 295 g/mol. The summed E-state index contributed by atoms with van der Waals surface area (Å²) in [6.45, 7) is 0.515. The van der Waals surface area contributed by atoms with Gasteiger partial charge in [0.15, 0.2) is 0 Å². The highest BCUT2D eigenvalue weighted by molar-refractivity contribution is 6.33. The summed E-state index contributed by atoms with van der Waals surface area (Å²) < 4.78 is 28.3. The lowest BCUT2D eigenvalue weighted by Gasteiger charge is -2.17. The Morgan fingerprint density at radius 2 is 2.05 bits per heavy atom. The number of aromatic nitrogens is 1. The van der Waals surface area contributed by atoms with Gasteiger partial charge < -0.3 is 5.32 Å². The Morgan fingerprint density at radius 3 is 2.85 bits per heavy atom. The maximum Gasteiger partial charge on any atom is 0.276 e. The first-order valence-corrected chi connectivity index (χ1v) is 6.83. The smallest absolute Gasteiger partial charge is 0.276 e. The number of rotatable bonds is 1. The normalized spacial score (nSPS) is 16.9. The molecule has 2 heterocycles. The van der Waals surface area contributed by atoms with Gasteiger partial charge in [0.05, 0.1) is 5.56 Å². The molecule has 0 saturated carbocycles. The van der Waals surface area contributed by atoms with Gasteiger partial charge in [-0.3, -0.25) is 0 Å². The standard InChI is InChI=1S/C15H13ClF2N2/c16-13-5-2-1-4-11(13)10-8-12-14(20-9-10)19-7-3-6-15(12,17)18/h1-2,4-5,8-9H,3,6-7H2,(H,19,20). The molecular formula is C15H13ClF2N2. The second-order valence-electron chi connectivity index (χ2n) is 4.83. The molecule has 0 unspecified atom stereocenters. The van der Waals surface area contributed by atoms with Crippen LogP contribution in [0.1, 0.15) is 18.4 Å². The number of nitrogens with one attached hydrogen (secondary N) is 1. The SMILES string of the molecule is FC1(F)CCCNc2ncc(-c3ccccc3Cl)cc21. The minimum absolute atomic E-state index is 0.0487. The molecule has 5 heteroatoms. The maximum absolute atomic E-state index is 14.1. The van der Waals surface area contributed by atoms with Gasteiger partial charge in [-0.1, -0.05) is 29.8 Å². The predicted molar refractivity (Wildman–Crippen MR) is 76.3 cm³/mol. The molecule has 0 fully saturated rings. The van der Waals surface area contributed by atoms with Gasteiger partial charge in [0.1, 0.15) is 5.82 Å². The minimum atomic E-state index is -2.86. The number of anilines is 1. The van der Waals surface area contributed by atoms with Gasteiger partial charge in [0, 0.05) is 35.3 Å². The lowest BCUT2D eigenvalue weighted by atomic mass is 10.0. The summed E-state index contributed by atoms with van der Waals surface area (Å²) in [6, 6.07) is 8.65. The summed E-state index contributed by atoms with van der Waals surface area (Å²) in [4.78, 5) is 4.14. The number of hydrogen-bond acceptors (Lipinski definition) is 2. The van der Waals surface area contributed by atoms with Crippen molar-refractivity contribution >= 4 is 17.4 Å². The third-order valence-electron chi connectivity index (χ3n) is 3.43. The van der Waals surface area contributed by atoms with Crippen molar-refractivity contribution in [2.24, 2.45) is 0 Å². The van der Waals surface area contributed by atoms with Crippen molar-refractivity contribution in [1.82, 2.24) is 4.98 Å². The molecule has 1 N–H and O–H groups in total. The monoisotopic (exact) mass is 294 g/mol. The largest absolute Gasteiger partial charge is 0.370 e. The summed E-state index contributed by atoms with van der Waals surface area (Å²) in [7, 11) is 0. The first-order valence-electron chi connectivity index (χ1n) is 6.45. The van der Waals surface area contributed by atoms with Crippen molar-refractivity contribution in [2.45, 2.75) is 18.8 Å². The molecule has 1 aliphatic rings. The Hall–Kier alpha value is -1.68. The second-order valence-corrected chi connectivity index (χ2v) is 5.24. The molecule has 2 nitrogen and oxygen atoms in total. The van der Waals surface area contributed by atoms with E-state index in [0.717, 1.165) is 0 Å². The van der Waals surface area contributed by atoms with Crippen LogP contribution < -0.4 is 5.32 Å². The molecule has 1 aliphatic heterocycles. The van der Waals surface area contributed by atoms with Crippen LogP contribution in [-0.2, 0) is 5.92 Å². The molecule has 0 aliphatic carbocycles. The van der Waals surface area contributed by atoms with Crippen LogP contribution in [-0.4, -0.2) is 11.5 Å². The van der Waals surface area contributed by atoms with Crippen molar-refractivity contribution in [3.8, 4) is 11.1 Å². The number of benzene rings is 1. The number of nitrogens with zero attached hydrogens (tertiary/aromatic N) is 1. The van der Waals surface area contributed by atoms with E-state index in [2.05, 4.69) is 10.3 Å². The van der Waals surface area contributed by atoms with E-state index in [1.807, 2.05) is 6.07 Å². The first-order chi connectivity index (χ1) is 9.58. The van der Waals surface area contributed by atoms with Crippen LogP contribution in [0.3, 0.4) is 0 Å². The van der Waals surface area contributed by atoms with Crippen molar-refractivity contribution in [3.63, 3.8) is 0 Å². The van der Waals surface area contributed by atoms with E-state index in [-0.39, 0.29) is 17.8 Å². The summed E-state index contributed by atoms with van der Waals surface area (Å²) >= 11 is 6.11. The van der Waals surface area contributed by atoms with Gasteiger partial charge >= 0.3 is 0 Å². The molecular weight excluding hydrogens is 282 g/mol. The molecule has 104 valence electrons. The van der Waals surface area contributed by atoms with Gasteiger partial charge in [0.2, 0.25) is 0 Å². The lowest BCUT2D eigenvalue weighted by molar-refractivity contribution is -0.0122. The molecule has 1 aromatic carbocycles. The highest BCUT2D eigenvalue weighted by atomic mass is 35.5. The Kier molecular flexibility index (Phi) is 3.34. The van der Waals surface area contributed by atoms with Crippen molar-refractivity contribution < 1.29 is 8.78 Å². The molecule has 0 radical (unpaired) electrons. The molecule has 0 spiro atoms. The van der Waals surface area contributed by atoms with E-state index >= 15 is 0 Å². The highest BCUT2D eigenvalue weighted by Crippen LogP contribution is 2.40. The molecule has 3 rings (SSSR count). The van der Waals surface area contributed by atoms with Crippen LogP contribution in [0.4, 0.5) is 14.6 Å². The van der Waals surface area contributed by atoms with Crippen LogP contribution in [0.2, 0.25) is 5.02 Å². The summed E-state index contributed by atoms with van der Waals surface area (Å²) in [5.74, 6) is -2.59. The fourth-order valence-corrected chi connectivity index (χ4v) is 2.62. The number of alkyl halides is 2. The number of halogens is 3. The Balaban J connectivity index is 2.13. The lowest BCUT2D eigenvalue weighted by Crippen LogP contribution is -2.13. The van der Waals surface area contributed by atoms with Crippen LogP contribution in [0.15, 0.2) is 36.5 Å². The van der Waals surface area contributed by atoms with Crippen molar-refractivity contribution in [1.29, 1.82) is 0 Å². The van der Waals surface area contributed by atoms with Gasteiger partial charge in [-0.2, -0.15) is 0 Å². The third-order valence-corrected chi connectivity index (χ3v) is 3.76. The molecule has 0 saturated heterocycles. The fourth-order valence-electron chi connectivity index (χ4n) is 2.38. The molecule has 0 amide bonds. The topological polar surface area (TPSA) is 24.9 Å². The highest BCUT2D eigenvalue weighted by Gasteiger charge is 2.36. The van der Waals surface area contributed by atoms with Crippen LogP contribution in [0, 0.1) is 0 Å². The zero-order valence-electron chi connectivity index (χ0n) is 10.7. The van der Waals surface area contributed by atoms with Crippen LogP contribution >= 0.6 is 11.6 Å². The van der Waals surface area contributed by atoms with E-state index < -0.39 is 5.92 Å². The van der Waals surface area contributed by atoms with E-state index in [1.54, 1.807) is 24.4 Å². The molecule has 0 bridgehead atoms. The Bertz CT molecular complexity index is 644. The van der Waals surface area contributed by atoms with Gasteiger partial charge in [0.25, 0.3) is 5.92 Å². The average Bonchev–Trinajstić information content (AvgIpc) is 2.58. The second kappa shape index (κ2) is 5.02. The van der Waals surface area contributed by atoms with E-state index in [4.69, 9.17) is 11.6 Å². The van der Waals surface area contributed by atoms with Crippen LogP contribution in [0.25, 0.3) is 11.1 Å². The van der Waals surface area contributed by atoms with Crippen LogP contribution in [0.5, 0.6) is 0 Å². The maximum atomic E-state index is 14.1. The number of pyridine rings is 1. The summed E-state index contributed by atoms with van der Waals surface area (Å²) in [6.07, 6.45) is 1.83. The zero-order valence-corrected chi connectivity index (χ0v) is 11.4. The first kappa shape index (κ1) is 13.3. The Labute approximate surface area is 120 Å². The summed E-state index contributed by atoms with van der Waals surface area (Å²) in [5.41, 5.74) is 1.27.